The van der Waals surface area contributed by atoms with E-state index in [0.717, 1.165) is 13.1 Å². The molecule has 4 N–H and O–H groups in total. The molecule has 0 aliphatic carbocycles. The second-order valence-electron chi connectivity index (χ2n) is 11.8. The predicted octanol–water partition coefficient (Wildman–Crippen LogP) is 6.78. The van der Waals surface area contributed by atoms with Crippen LogP contribution in [-0.4, -0.2) is 88.2 Å². The van der Waals surface area contributed by atoms with Gasteiger partial charge in [-0.05, 0) is 25.9 Å². The predicted molar refractivity (Wildman–Crippen MR) is 174 cm³/mol. The van der Waals surface area contributed by atoms with Gasteiger partial charge >= 0.3 is 0 Å². The highest BCUT2D eigenvalue weighted by atomic mass is 16.5. The fourth-order valence-electron chi connectivity index (χ4n) is 4.91. The number of hydrogen-bond donors (Lipinski definition) is 4. The van der Waals surface area contributed by atoms with Crippen molar-refractivity contribution in [3.63, 3.8) is 0 Å². The highest BCUT2D eigenvalue weighted by Gasteiger charge is 2.05. The number of rotatable bonds is 36. The van der Waals surface area contributed by atoms with Gasteiger partial charge in [-0.15, -0.1) is 0 Å². The summed E-state index contributed by atoms with van der Waals surface area (Å²) in [5, 5.41) is 26.7. The summed E-state index contributed by atoms with van der Waals surface area (Å²) < 4.78 is 16.5. The molecule has 0 fully saturated rings. The highest BCUT2D eigenvalue weighted by Crippen LogP contribution is 2.11. The molecule has 0 aromatic heterocycles. The maximum absolute atomic E-state index is 10.0. The van der Waals surface area contributed by atoms with E-state index >= 15 is 0 Å². The molecule has 41 heavy (non-hydrogen) atoms. The number of hydrogen-bond acceptors (Lipinski definition) is 7. The van der Waals surface area contributed by atoms with E-state index in [1.54, 1.807) is 0 Å². The lowest BCUT2D eigenvalue weighted by Gasteiger charge is -2.13. The zero-order valence-electron chi connectivity index (χ0n) is 27.5. The van der Waals surface area contributed by atoms with Gasteiger partial charge in [0.05, 0.1) is 51.8 Å². The molecular weight excluding hydrogens is 516 g/mol. The van der Waals surface area contributed by atoms with Crippen LogP contribution in [0.3, 0.4) is 0 Å². The van der Waals surface area contributed by atoms with Crippen LogP contribution in [-0.2, 0) is 14.2 Å². The molecule has 0 heterocycles. The standard InChI is InChI=1S/C34H72N2O5/c1-3-5-7-9-11-13-15-17-19-21-23-35-29-33(37)31-40-27-25-39-26-28-41-32-34(38)30-36-24-22-20-18-16-14-12-10-8-6-4-2/h33-38H,3-32H2,1-2H3. The summed E-state index contributed by atoms with van der Waals surface area (Å²) in [6.45, 7) is 10.1. The third kappa shape index (κ3) is 35.8. The van der Waals surface area contributed by atoms with Crippen molar-refractivity contribution in [1.82, 2.24) is 10.6 Å². The zero-order chi connectivity index (χ0) is 29.9. The zero-order valence-corrected chi connectivity index (χ0v) is 27.5. The van der Waals surface area contributed by atoms with Gasteiger partial charge in [-0.3, -0.25) is 0 Å². The van der Waals surface area contributed by atoms with Gasteiger partial charge in [-0.1, -0.05) is 129 Å². The molecule has 7 nitrogen and oxygen atoms in total. The van der Waals surface area contributed by atoms with Crippen LogP contribution < -0.4 is 10.6 Å². The van der Waals surface area contributed by atoms with Crippen LogP contribution in [0.15, 0.2) is 0 Å². The summed E-state index contributed by atoms with van der Waals surface area (Å²) in [6.07, 6.45) is 25.8. The van der Waals surface area contributed by atoms with Crippen molar-refractivity contribution in [3.05, 3.63) is 0 Å². The van der Waals surface area contributed by atoms with Gasteiger partial charge in [0, 0.05) is 13.1 Å². The number of ether oxygens (including phenoxy) is 3. The molecule has 2 unspecified atom stereocenters. The van der Waals surface area contributed by atoms with Crippen LogP contribution in [0, 0.1) is 0 Å². The molecule has 0 bridgehead atoms. The second-order valence-corrected chi connectivity index (χ2v) is 11.8. The molecule has 0 radical (unpaired) electrons. The van der Waals surface area contributed by atoms with Crippen LogP contribution in [0.25, 0.3) is 0 Å². The first kappa shape index (κ1) is 40.7. The van der Waals surface area contributed by atoms with Gasteiger partial charge in [0.15, 0.2) is 0 Å². The Morgan fingerprint density at radius 1 is 0.415 bits per heavy atom. The van der Waals surface area contributed by atoms with Gasteiger partial charge in [0.2, 0.25) is 0 Å². The first-order valence-electron chi connectivity index (χ1n) is 17.7. The van der Waals surface area contributed by atoms with E-state index in [2.05, 4.69) is 24.5 Å². The Kier molecular flexibility index (Phi) is 35.7. The largest absolute Gasteiger partial charge is 0.389 e. The third-order valence-corrected chi connectivity index (χ3v) is 7.54. The van der Waals surface area contributed by atoms with Crippen LogP contribution in [0.2, 0.25) is 0 Å². The maximum atomic E-state index is 10.0. The number of nitrogens with one attached hydrogen (secondary N) is 2. The van der Waals surface area contributed by atoms with Crippen molar-refractivity contribution in [2.75, 3.05) is 65.8 Å². The molecule has 0 spiro atoms. The van der Waals surface area contributed by atoms with Crippen molar-refractivity contribution in [3.8, 4) is 0 Å². The molecule has 0 amide bonds. The van der Waals surface area contributed by atoms with Crippen molar-refractivity contribution in [2.45, 2.75) is 154 Å². The topological polar surface area (TPSA) is 92.2 Å². The monoisotopic (exact) mass is 589 g/mol. The van der Waals surface area contributed by atoms with E-state index in [1.165, 1.54) is 128 Å². The molecule has 0 aromatic carbocycles. The molecular formula is C34H72N2O5. The molecule has 2 atom stereocenters. The number of aliphatic hydroxyl groups excluding tert-OH is 2. The Hall–Kier alpha value is -0.280. The molecule has 0 aliphatic rings. The Bertz CT molecular complexity index is 432. The minimum absolute atomic E-state index is 0.323. The quantitative estimate of drug-likeness (QED) is 0.0600. The lowest BCUT2D eigenvalue weighted by Crippen LogP contribution is -2.31. The van der Waals surface area contributed by atoms with E-state index < -0.39 is 12.2 Å². The molecule has 0 saturated carbocycles. The van der Waals surface area contributed by atoms with Gasteiger partial charge in [-0.2, -0.15) is 0 Å². The first-order valence-corrected chi connectivity index (χ1v) is 17.7. The van der Waals surface area contributed by atoms with Crippen LogP contribution in [0.1, 0.15) is 142 Å². The first-order chi connectivity index (χ1) is 20.2. The minimum Gasteiger partial charge on any atom is -0.389 e. The molecule has 0 saturated heterocycles. The SMILES string of the molecule is CCCCCCCCCCCCNCC(O)COCCOCCOCC(O)CNCCCCCCCCCCCC. The number of aliphatic hydroxyl groups is 2. The smallest absolute Gasteiger partial charge is 0.0897 e. The molecule has 0 rings (SSSR count). The molecule has 7 heteroatoms. The van der Waals surface area contributed by atoms with E-state index in [-0.39, 0.29) is 0 Å². The Morgan fingerprint density at radius 3 is 1.05 bits per heavy atom. The number of unbranched alkanes of at least 4 members (excludes halogenated alkanes) is 18. The van der Waals surface area contributed by atoms with Crippen molar-refractivity contribution < 1.29 is 24.4 Å². The Morgan fingerprint density at radius 2 is 0.707 bits per heavy atom. The van der Waals surface area contributed by atoms with Gasteiger partial charge in [0.25, 0.3) is 0 Å². The van der Waals surface area contributed by atoms with Crippen LogP contribution in [0.5, 0.6) is 0 Å². The average Bonchev–Trinajstić information content (AvgIpc) is 2.97. The van der Waals surface area contributed by atoms with Gasteiger partial charge in [-0.25, -0.2) is 0 Å². The van der Waals surface area contributed by atoms with Crippen molar-refractivity contribution in [2.24, 2.45) is 0 Å². The summed E-state index contributed by atoms with van der Waals surface area (Å²) in [5.41, 5.74) is 0. The average molecular weight is 589 g/mol. The van der Waals surface area contributed by atoms with Crippen molar-refractivity contribution in [1.29, 1.82) is 0 Å². The lowest BCUT2D eigenvalue weighted by molar-refractivity contribution is -0.0209. The summed E-state index contributed by atoms with van der Waals surface area (Å²) >= 11 is 0. The van der Waals surface area contributed by atoms with E-state index in [0.29, 0.717) is 52.7 Å². The fraction of sp³-hybridized carbons (Fsp3) is 1.00. The van der Waals surface area contributed by atoms with Gasteiger partial charge < -0.3 is 35.1 Å². The van der Waals surface area contributed by atoms with Crippen molar-refractivity contribution >= 4 is 0 Å². The summed E-state index contributed by atoms with van der Waals surface area (Å²) in [4.78, 5) is 0. The fourth-order valence-corrected chi connectivity index (χ4v) is 4.91. The van der Waals surface area contributed by atoms with Crippen LogP contribution >= 0.6 is 0 Å². The Balaban J connectivity index is 3.23. The third-order valence-electron chi connectivity index (χ3n) is 7.54. The molecule has 0 aliphatic heterocycles. The molecule has 248 valence electrons. The second kappa shape index (κ2) is 35.9. The molecule has 0 aromatic rings. The normalized spacial score (nSPS) is 13.2. The van der Waals surface area contributed by atoms with E-state index in [9.17, 15) is 10.2 Å². The van der Waals surface area contributed by atoms with E-state index in [1.807, 2.05) is 0 Å². The summed E-state index contributed by atoms with van der Waals surface area (Å²) in [5.74, 6) is 0. The summed E-state index contributed by atoms with van der Waals surface area (Å²) in [6, 6.07) is 0. The Labute approximate surface area is 255 Å². The van der Waals surface area contributed by atoms with Gasteiger partial charge in [0.1, 0.15) is 0 Å². The maximum Gasteiger partial charge on any atom is 0.0897 e. The lowest BCUT2D eigenvalue weighted by atomic mass is 10.1. The van der Waals surface area contributed by atoms with Crippen LogP contribution in [0.4, 0.5) is 0 Å². The highest BCUT2D eigenvalue weighted by molar-refractivity contribution is 4.60. The minimum atomic E-state index is -0.485. The van der Waals surface area contributed by atoms with E-state index in [4.69, 9.17) is 14.2 Å². The summed E-state index contributed by atoms with van der Waals surface area (Å²) in [7, 11) is 0.